The van der Waals surface area contributed by atoms with Crippen LogP contribution in [0, 0.1) is 0 Å². The number of carboxylic acids is 1. The maximum atomic E-state index is 11.0. The number of hydrogen-bond donors (Lipinski definition) is 1. The lowest BCUT2D eigenvalue weighted by Crippen LogP contribution is -2.05. The molecule has 1 aromatic heterocycles. The zero-order valence-corrected chi connectivity index (χ0v) is 10.7. The first kappa shape index (κ1) is 12.8. The molecule has 0 saturated heterocycles. The molecule has 18 heavy (non-hydrogen) atoms. The molecule has 1 aromatic carbocycles. The van der Waals surface area contributed by atoms with Gasteiger partial charge in [-0.15, -0.1) is 11.3 Å². The summed E-state index contributed by atoms with van der Waals surface area (Å²) in [6, 6.07) is 11.0. The van der Waals surface area contributed by atoms with Crippen LogP contribution in [0.15, 0.2) is 41.8 Å². The summed E-state index contributed by atoms with van der Waals surface area (Å²) < 4.78 is 5.53. The van der Waals surface area contributed by atoms with Crippen molar-refractivity contribution in [3.8, 4) is 0 Å². The van der Waals surface area contributed by atoms with Crippen molar-refractivity contribution >= 4 is 17.3 Å². The standard InChI is InChI=1S/C14H14O3S/c15-14(16)13-6-2-1-4-11(13)10-17-8-7-12-5-3-9-18-12/h1-6,9H,7-8,10H2,(H,15,16). The first-order valence-electron chi connectivity index (χ1n) is 5.68. The summed E-state index contributed by atoms with van der Waals surface area (Å²) in [4.78, 5) is 12.3. The van der Waals surface area contributed by atoms with Crippen LogP contribution in [0.2, 0.25) is 0 Å². The van der Waals surface area contributed by atoms with Crippen molar-refractivity contribution in [3.63, 3.8) is 0 Å². The number of ether oxygens (including phenoxy) is 1. The Labute approximate surface area is 110 Å². The van der Waals surface area contributed by atoms with E-state index in [1.54, 1.807) is 29.5 Å². The largest absolute Gasteiger partial charge is 0.478 e. The highest BCUT2D eigenvalue weighted by Gasteiger charge is 2.08. The van der Waals surface area contributed by atoms with Crippen molar-refractivity contribution in [3.05, 3.63) is 57.8 Å². The molecule has 0 bridgehead atoms. The van der Waals surface area contributed by atoms with Gasteiger partial charge in [-0.3, -0.25) is 0 Å². The van der Waals surface area contributed by atoms with Crippen LogP contribution < -0.4 is 0 Å². The van der Waals surface area contributed by atoms with Crippen molar-refractivity contribution in [1.82, 2.24) is 0 Å². The van der Waals surface area contributed by atoms with E-state index in [4.69, 9.17) is 9.84 Å². The highest BCUT2D eigenvalue weighted by molar-refractivity contribution is 7.09. The zero-order chi connectivity index (χ0) is 12.8. The van der Waals surface area contributed by atoms with Crippen LogP contribution in [-0.4, -0.2) is 17.7 Å². The lowest BCUT2D eigenvalue weighted by Gasteiger charge is -2.06. The zero-order valence-electron chi connectivity index (χ0n) is 9.83. The number of rotatable bonds is 6. The number of aromatic carboxylic acids is 1. The lowest BCUT2D eigenvalue weighted by atomic mass is 10.1. The molecule has 0 atom stereocenters. The number of hydrogen-bond acceptors (Lipinski definition) is 3. The average molecular weight is 262 g/mol. The summed E-state index contributed by atoms with van der Waals surface area (Å²) in [6.45, 7) is 0.947. The highest BCUT2D eigenvalue weighted by atomic mass is 32.1. The lowest BCUT2D eigenvalue weighted by molar-refractivity contribution is 0.0687. The van der Waals surface area contributed by atoms with Gasteiger partial charge in [0.05, 0.1) is 18.8 Å². The second kappa shape index (κ2) is 6.33. The Morgan fingerprint density at radius 3 is 2.78 bits per heavy atom. The molecule has 2 rings (SSSR count). The molecule has 0 aliphatic rings. The van der Waals surface area contributed by atoms with Gasteiger partial charge in [0.2, 0.25) is 0 Å². The number of carboxylic acid groups (broad SMARTS) is 1. The van der Waals surface area contributed by atoms with Crippen LogP contribution in [0.25, 0.3) is 0 Å². The molecule has 0 radical (unpaired) electrons. The molecule has 0 unspecified atom stereocenters. The highest BCUT2D eigenvalue weighted by Crippen LogP contribution is 2.12. The Bertz CT molecular complexity index is 506. The van der Waals surface area contributed by atoms with Gasteiger partial charge < -0.3 is 9.84 Å². The maximum Gasteiger partial charge on any atom is 0.336 e. The molecule has 0 amide bonds. The SMILES string of the molecule is O=C(O)c1ccccc1COCCc1cccs1. The smallest absolute Gasteiger partial charge is 0.336 e. The van der Waals surface area contributed by atoms with Crippen molar-refractivity contribution < 1.29 is 14.6 Å². The quantitative estimate of drug-likeness (QED) is 0.813. The molecular formula is C14H14O3S. The molecule has 0 fully saturated rings. The van der Waals surface area contributed by atoms with Gasteiger partial charge in [0.1, 0.15) is 0 Å². The maximum absolute atomic E-state index is 11.0. The topological polar surface area (TPSA) is 46.5 Å². The number of benzene rings is 1. The second-order valence-electron chi connectivity index (χ2n) is 3.84. The van der Waals surface area contributed by atoms with Gasteiger partial charge in [-0.05, 0) is 23.1 Å². The van der Waals surface area contributed by atoms with Gasteiger partial charge in [-0.2, -0.15) is 0 Å². The van der Waals surface area contributed by atoms with Crippen LogP contribution in [0.4, 0.5) is 0 Å². The Kier molecular flexibility index (Phi) is 4.50. The average Bonchev–Trinajstić information content (AvgIpc) is 2.88. The van der Waals surface area contributed by atoms with E-state index in [0.717, 1.165) is 12.0 Å². The summed E-state index contributed by atoms with van der Waals surface area (Å²) >= 11 is 1.70. The van der Waals surface area contributed by atoms with Crippen LogP contribution >= 0.6 is 11.3 Å². The van der Waals surface area contributed by atoms with Gasteiger partial charge in [0, 0.05) is 11.3 Å². The van der Waals surface area contributed by atoms with Gasteiger partial charge in [-0.1, -0.05) is 24.3 Å². The Morgan fingerprint density at radius 1 is 1.22 bits per heavy atom. The Hall–Kier alpha value is -1.65. The Morgan fingerprint density at radius 2 is 2.06 bits per heavy atom. The number of thiophene rings is 1. The van der Waals surface area contributed by atoms with Gasteiger partial charge in [0.15, 0.2) is 0 Å². The molecular weight excluding hydrogens is 248 g/mol. The molecule has 4 heteroatoms. The third kappa shape index (κ3) is 3.42. The summed E-state index contributed by atoms with van der Waals surface area (Å²) in [5, 5.41) is 11.1. The molecule has 1 heterocycles. The van der Waals surface area contributed by atoms with Crippen molar-refractivity contribution in [1.29, 1.82) is 0 Å². The van der Waals surface area contributed by atoms with E-state index in [1.807, 2.05) is 17.5 Å². The van der Waals surface area contributed by atoms with Gasteiger partial charge >= 0.3 is 5.97 Å². The molecule has 94 valence electrons. The molecule has 1 N–H and O–H groups in total. The van der Waals surface area contributed by atoms with Crippen molar-refractivity contribution in [2.24, 2.45) is 0 Å². The minimum absolute atomic E-state index is 0.314. The van der Waals surface area contributed by atoms with Crippen LogP contribution in [0.3, 0.4) is 0 Å². The van der Waals surface area contributed by atoms with E-state index in [2.05, 4.69) is 6.07 Å². The summed E-state index contributed by atoms with van der Waals surface area (Å²) in [6.07, 6.45) is 0.868. The fraction of sp³-hybridized carbons (Fsp3) is 0.214. The van der Waals surface area contributed by atoms with Crippen LogP contribution in [-0.2, 0) is 17.8 Å². The monoisotopic (exact) mass is 262 g/mol. The van der Waals surface area contributed by atoms with Crippen LogP contribution in [0.1, 0.15) is 20.8 Å². The first-order valence-corrected chi connectivity index (χ1v) is 6.56. The van der Waals surface area contributed by atoms with E-state index >= 15 is 0 Å². The normalized spacial score (nSPS) is 10.4. The van der Waals surface area contributed by atoms with E-state index in [0.29, 0.717) is 18.8 Å². The first-order chi connectivity index (χ1) is 8.77. The minimum Gasteiger partial charge on any atom is -0.478 e. The van der Waals surface area contributed by atoms with Gasteiger partial charge in [-0.25, -0.2) is 4.79 Å². The Balaban J connectivity index is 1.85. The van der Waals surface area contributed by atoms with E-state index in [-0.39, 0.29) is 0 Å². The molecule has 2 aromatic rings. The minimum atomic E-state index is -0.910. The van der Waals surface area contributed by atoms with E-state index in [9.17, 15) is 4.79 Å². The van der Waals surface area contributed by atoms with Crippen molar-refractivity contribution in [2.75, 3.05) is 6.61 Å². The fourth-order valence-electron chi connectivity index (χ4n) is 1.66. The predicted octanol–water partition coefficient (Wildman–Crippen LogP) is 3.21. The second-order valence-corrected chi connectivity index (χ2v) is 4.88. The molecule has 0 aliphatic heterocycles. The fourth-order valence-corrected chi connectivity index (χ4v) is 2.35. The number of carbonyl (C=O) groups is 1. The third-order valence-corrected chi connectivity index (χ3v) is 3.51. The van der Waals surface area contributed by atoms with E-state index < -0.39 is 5.97 Å². The van der Waals surface area contributed by atoms with Crippen molar-refractivity contribution in [2.45, 2.75) is 13.0 Å². The summed E-state index contributed by atoms with van der Waals surface area (Å²) in [5.41, 5.74) is 1.03. The predicted molar refractivity (Wildman–Crippen MR) is 71.1 cm³/mol. The molecule has 3 nitrogen and oxygen atoms in total. The third-order valence-electron chi connectivity index (χ3n) is 2.58. The summed E-state index contributed by atoms with van der Waals surface area (Å²) in [7, 11) is 0. The molecule has 0 saturated carbocycles. The molecule has 0 spiro atoms. The summed E-state index contributed by atoms with van der Waals surface area (Å²) in [5.74, 6) is -0.910. The van der Waals surface area contributed by atoms with Crippen LogP contribution in [0.5, 0.6) is 0 Å². The van der Waals surface area contributed by atoms with Gasteiger partial charge in [0.25, 0.3) is 0 Å². The van der Waals surface area contributed by atoms with E-state index in [1.165, 1.54) is 4.88 Å². The molecule has 0 aliphatic carbocycles.